The molecule has 0 bridgehead atoms. The highest BCUT2D eigenvalue weighted by Gasteiger charge is 2.29. The van der Waals surface area contributed by atoms with E-state index in [0.717, 1.165) is 11.3 Å². The van der Waals surface area contributed by atoms with Crippen molar-refractivity contribution >= 4 is 23.4 Å². The topological polar surface area (TPSA) is 88.1 Å². The molecule has 7 nitrogen and oxygen atoms in total. The third kappa shape index (κ3) is 6.38. The zero-order chi connectivity index (χ0) is 22.6. The van der Waals surface area contributed by atoms with Gasteiger partial charge in [0.05, 0.1) is 18.2 Å². The minimum absolute atomic E-state index is 0.244. The van der Waals surface area contributed by atoms with Gasteiger partial charge in [0.15, 0.2) is 0 Å². The van der Waals surface area contributed by atoms with E-state index in [0.29, 0.717) is 30.9 Å². The first-order valence-corrected chi connectivity index (χ1v) is 10.4. The fourth-order valence-electron chi connectivity index (χ4n) is 3.50. The summed E-state index contributed by atoms with van der Waals surface area (Å²) in [4.78, 5) is 25.6. The van der Waals surface area contributed by atoms with Gasteiger partial charge in [0.1, 0.15) is 17.5 Å². The summed E-state index contributed by atoms with van der Waals surface area (Å²) in [5.74, 6) is -0.668. The fraction of sp³-hybridized carbons (Fsp3) is 0.417. The van der Waals surface area contributed by atoms with Gasteiger partial charge in [-0.3, -0.25) is 10.1 Å². The summed E-state index contributed by atoms with van der Waals surface area (Å²) in [6.45, 7) is 8.32. The number of rotatable bonds is 6. The third-order valence-corrected chi connectivity index (χ3v) is 4.92. The Morgan fingerprint density at radius 1 is 1.23 bits per heavy atom. The number of carbonyl (C=O) groups is 2. The van der Waals surface area contributed by atoms with Crippen LogP contribution in [0.25, 0.3) is 0 Å². The minimum atomic E-state index is -0.832. The van der Waals surface area contributed by atoms with Crippen LogP contribution in [-0.2, 0) is 16.1 Å². The van der Waals surface area contributed by atoms with Crippen LogP contribution in [0, 0.1) is 5.92 Å². The number of carbonyl (C=O) groups excluding carboxylic acids is 1. The van der Waals surface area contributed by atoms with Crippen LogP contribution in [-0.4, -0.2) is 35.4 Å². The van der Waals surface area contributed by atoms with Crippen LogP contribution in [0.5, 0.6) is 5.75 Å². The zero-order valence-corrected chi connectivity index (χ0v) is 18.4. The number of amides is 1. The van der Waals surface area contributed by atoms with Crippen molar-refractivity contribution in [2.45, 2.75) is 52.4 Å². The van der Waals surface area contributed by atoms with Crippen molar-refractivity contribution in [3.63, 3.8) is 0 Å². The van der Waals surface area contributed by atoms with E-state index in [4.69, 9.17) is 9.47 Å². The molecule has 166 valence electrons. The third-order valence-electron chi connectivity index (χ3n) is 4.92. The molecule has 1 aliphatic rings. The second-order valence-electron chi connectivity index (χ2n) is 8.89. The molecule has 1 unspecified atom stereocenters. The van der Waals surface area contributed by atoms with Gasteiger partial charge in [-0.25, -0.2) is 4.79 Å². The van der Waals surface area contributed by atoms with E-state index >= 15 is 0 Å². The predicted octanol–water partition coefficient (Wildman–Crippen LogP) is 4.91. The number of ether oxygens (including phenoxy) is 2. The highest BCUT2D eigenvalue weighted by molar-refractivity contribution is 5.86. The Morgan fingerprint density at radius 3 is 2.58 bits per heavy atom. The highest BCUT2D eigenvalue weighted by Crippen LogP contribution is 2.38. The average molecular weight is 427 g/mol. The van der Waals surface area contributed by atoms with Crippen LogP contribution in [0.15, 0.2) is 48.5 Å². The molecule has 1 aliphatic heterocycles. The molecule has 0 aromatic heterocycles. The van der Waals surface area contributed by atoms with Crippen LogP contribution < -0.4 is 15.0 Å². The molecule has 0 aliphatic carbocycles. The van der Waals surface area contributed by atoms with Crippen molar-refractivity contribution in [1.29, 1.82) is 0 Å². The van der Waals surface area contributed by atoms with E-state index in [-0.39, 0.29) is 6.10 Å². The molecule has 31 heavy (non-hydrogen) atoms. The van der Waals surface area contributed by atoms with Crippen LogP contribution in [0.3, 0.4) is 0 Å². The number of carboxylic acid groups (broad SMARTS) is 1. The number of hydrogen-bond acceptors (Lipinski definition) is 5. The van der Waals surface area contributed by atoms with Gasteiger partial charge >= 0.3 is 12.1 Å². The van der Waals surface area contributed by atoms with E-state index in [1.807, 2.05) is 57.2 Å². The quantitative estimate of drug-likeness (QED) is 0.682. The van der Waals surface area contributed by atoms with Crippen molar-refractivity contribution in [3.8, 4) is 5.75 Å². The van der Waals surface area contributed by atoms with Crippen molar-refractivity contribution in [1.82, 2.24) is 0 Å². The molecule has 2 aromatic carbocycles. The smallest absolute Gasteiger partial charge is 0.412 e. The standard InChI is InChI=1S/C24H30N2O5/c1-16(22(27)28)12-19-15-26(14-17-8-6-5-7-9-17)20-13-18(10-11-21(20)30-19)25-23(29)31-24(2,3)4/h5-11,13,16,19H,12,14-15H2,1-4H3,(H,25,29)(H,27,28)/t16-,19?/m0/s1. The Balaban J connectivity index is 1.84. The Labute approximate surface area is 183 Å². The SMILES string of the molecule is C[C@@H](CC1CN(Cc2ccccc2)c2cc(NC(=O)OC(C)(C)C)ccc2O1)C(=O)O. The number of fused-ring (bicyclic) bond motifs is 1. The maximum absolute atomic E-state index is 12.2. The molecule has 2 N–H and O–H groups in total. The normalized spacial score (nSPS) is 16.6. The molecule has 2 atom stereocenters. The van der Waals surface area contributed by atoms with Crippen LogP contribution in [0.4, 0.5) is 16.2 Å². The second kappa shape index (κ2) is 9.29. The molecule has 0 saturated heterocycles. The number of anilines is 2. The first-order chi connectivity index (χ1) is 14.6. The Bertz CT molecular complexity index is 923. The number of benzene rings is 2. The largest absolute Gasteiger partial charge is 0.486 e. The van der Waals surface area contributed by atoms with Gasteiger partial charge in [0.2, 0.25) is 0 Å². The van der Waals surface area contributed by atoms with E-state index in [2.05, 4.69) is 10.2 Å². The molecule has 7 heteroatoms. The number of hydrogen-bond donors (Lipinski definition) is 2. The van der Waals surface area contributed by atoms with Crippen LogP contribution in [0.2, 0.25) is 0 Å². The van der Waals surface area contributed by atoms with Crippen molar-refractivity contribution in [2.24, 2.45) is 5.92 Å². The van der Waals surface area contributed by atoms with Crippen molar-refractivity contribution < 1.29 is 24.2 Å². The molecule has 3 rings (SSSR count). The summed E-state index contributed by atoms with van der Waals surface area (Å²) >= 11 is 0. The van der Waals surface area contributed by atoms with E-state index in [1.165, 1.54) is 0 Å². The van der Waals surface area contributed by atoms with Crippen molar-refractivity contribution in [2.75, 3.05) is 16.8 Å². The lowest BCUT2D eigenvalue weighted by molar-refractivity contribution is -0.142. The lowest BCUT2D eigenvalue weighted by Gasteiger charge is -2.37. The van der Waals surface area contributed by atoms with Crippen LogP contribution in [0.1, 0.15) is 39.7 Å². The van der Waals surface area contributed by atoms with Gasteiger partial charge in [-0.05, 0) is 51.0 Å². The first kappa shape index (κ1) is 22.5. The van der Waals surface area contributed by atoms with Gasteiger partial charge in [-0.15, -0.1) is 0 Å². The molecular formula is C24H30N2O5. The van der Waals surface area contributed by atoms with Crippen molar-refractivity contribution in [3.05, 3.63) is 54.1 Å². The summed E-state index contributed by atoms with van der Waals surface area (Å²) in [6, 6.07) is 15.5. The average Bonchev–Trinajstić information content (AvgIpc) is 2.67. The van der Waals surface area contributed by atoms with Gasteiger partial charge in [0, 0.05) is 12.2 Å². The number of nitrogens with zero attached hydrogens (tertiary/aromatic N) is 1. The molecule has 2 aromatic rings. The molecule has 0 saturated carbocycles. The number of nitrogens with one attached hydrogen (secondary N) is 1. The molecule has 0 spiro atoms. The maximum Gasteiger partial charge on any atom is 0.412 e. The Kier molecular flexibility index (Phi) is 6.73. The number of carboxylic acids is 1. The van der Waals surface area contributed by atoms with Gasteiger partial charge in [-0.1, -0.05) is 37.3 Å². The molecule has 1 heterocycles. The summed E-state index contributed by atoms with van der Waals surface area (Å²) in [7, 11) is 0. The van der Waals surface area contributed by atoms with E-state index in [1.54, 1.807) is 19.1 Å². The lowest BCUT2D eigenvalue weighted by Crippen LogP contribution is -2.41. The molecule has 0 fully saturated rings. The molecule has 1 amide bonds. The van der Waals surface area contributed by atoms with Gasteiger partial charge in [0.25, 0.3) is 0 Å². The predicted molar refractivity (Wildman–Crippen MR) is 120 cm³/mol. The van der Waals surface area contributed by atoms with E-state index in [9.17, 15) is 14.7 Å². The fourth-order valence-corrected chi connectivity index (χ4v) is 3.50. The van der Waals surface area contributed by atoms with Crippen LogP contribution >= 0.6 is 0 Å². The van der Waals surface area contributed by atoms with Gasteiger partial charge in [-0.2, -0.15) is 0 Å². The second-order valence-corrected chi connectivity index (χ2v) is 8.89. The van der Waals surface area contributed by atoms with Gasteiger partial charge < -0.3 is 19.5 Å². The number of aliphatic carboxylic acids is 1. The maximum atomic E-state index is 12.2. The lowest BCUT2D eigenvalue weighted by atomic mass is 10.0. The van der Waals surface area contributed by atoms with E-state index < -0.39 is 23.6 Å². The Morgan fingerprint density at radius 2 is 1.94 bits per heavy atom. The Hall–Kier alpha value is -3.22. The first-order valence-electron chi connectivity index (χ1n) is 10.4. The summed E-state index contributed by atoms with van der Waals surface area (Å²) in [6.07, 6.45) is -0.350. The molecule has 0 radical (unpaired) electrons. The highest BCUT2D eigenvalue weighted by atomic mass is 16.6. The summed E-state index contributed by atoms with van der Waals surface area (Å²) in [5.41, 5.74) is 1.99. The molecular weight excluding hydrogens is 396 g/mol. The minimum Gasteiger partial charge on any atom is -0.486 e. The zero-order valence-electron chi connectivity index (χ0n) is 18.4. The summed E-state index contributed by atoms with van der Waals surface area (Å²) < 4.78 is 11.5. The summed E-state index contributed by atoms with van der Waals surface area (Å²) in [5, 5.41) is 12.1. The monoisotopic (exact) mass is 426 g/mol.